The highest BCUT2D eigenvalue weighted by molar-refractivity contribution is 9.10. The monoisotopic (exact) mass is 215 g/mol. The van der Waals surface area contributed by atoms with Crippen LogP contribution < -0.4 is 10.5 Å². The number of ether oxygens (including phenoxy) is 1. The van der Waals surface area contributed by atoms with E-state index in [1.54, 1.807) is 6.07 Å². The minimum atomic E-state index is 0.663. The normalized spacial score (nSPS) is 9.64. The van der Waals surface area contributed by atoms with Crippen LogP contribution in [0.5, 0.6) is 5.75 Å². The molecule has 0 atom stereocenters. The Morgan fingerprint density at radius 1 is 1.45 bits per heavy atom. The molecule has 0 saturated carbocycles. The molecule has 0 heterocycles. The van der Waals surface area contributed by atoms with E-state index >= 15 is 0 Å². The van der Waals surface area contributed by atoms with E-state index in [1.807, 2.05) is 19.1 Å². The van der Waals surface area contributed by atoms with Gasteiger partial charge in [0.2, 0.25) is 0 Å². The fraction of sp³-hybridized carbons (Fsp3) is 0.250. The number of hydrogen-bond acceptors (Lipinski definition) is 2. The highest BCUT2D eigenvalue weighted by Crippen LogP contribution is 2.22. The summed E-state index contributed by atoms with van der Waals surface area (Å²) in [6.45, 7) is 2.60. The Hall–Kier alpha value is -0.700. The topological polar surface area (TPSA) is 35.2 Å². The molecule has 1 rings (SSSR count). The second-order valence-corrected chi connectivity index (χ2v) is 3.07. The molecular weight excluding hydrogens is 206 g/mol. The van der Waals surface area contributed by atoms with Crippen molar-refractivity contribution in [2.75, 3.05) is 12.3 Å². The van der Waals surface area contributed by atoms with Crippen molar-refractivity contribution in [2.24, 2.45) is 0 Å². The third-order valence-electron chi connectivity index (χ3n) is 1.20. The summed E-state index contributed by atoms with van der Waals surface area (Å²) in [4.78, 5) is 0. The van der Waals surface area contributed by atoms with Gasteiger partial charge in [0.05, 0.1) is 6.61 Å². The first-order valence-corrected chi connectivity index (χ1v) is 4.20. The lowest BCUT2D eigenvalue weighted by molar-refractivity contribution is 0.340. The fourth-order valence-corrected chi connectivity index (χ4v) is 1.32. The van der Waals surface area contributed by atoms with Gasteiger partial charge < -0.3 is 10.5 Å². The highest BCUT2D eigenvalue weighted by atomic mass is 79.9. The summed E-state index contributed by atoms with van der Waals surface area (Å²) in [6.07, 6.45) is 0. The van der Waals surface area contributed by atoms with Gasteiger partial charge in [0.1, 0.15) is 5.75 Å². The summed E-state index contributed by atoms with van der Waals surface area (Å²) in [5, 5.41) is 0. The van der Waals surface area contributed by atoms with Crippen LogP contribution in [-0.2, 0) is 0 Å². The largest absolute Gasteiger partial charge is 0.494 e. The Balaban J connectivity index is 2.89. The lowest BCUT2D eigenvalue weighted by Crippen LogP contribution is -1.92. The highest BCUT2D eigenvalue weighted by Gasteiger charge is 1.95. The molecule has 60 valence electrons. The van der Waals surface area contributed by atoms with Gasteiger partial charge in [-0.2, -0.15) is 0 Å². The van der Waals surface area contributed by atoms with E-state index in [-0.39, 0.29) is 0 Å². The Morgan fingerprint density at radius 2 is 2.18 bits per heavy atom. The van der Waals surface area contributed by atoms with E-state index in [9.17, 15) is 0 Å². The predicted octanol–water partition coefficient (Wildman–Crippen LogP) is 2.43. The van der Waals surface area contributed by atoms with Crippen molar-refractivity contribution in [1.82, 2.24) is 0 Å². The summed E-state index contributed by atoms with van der Waals surface area (Å²) in [5.41, 5.74) is 6.29. The molecule has 0 aromatic heterocycles. The van der Waals surface area contributed by atoms with Gasteiger partial charge >= 0.3 is 0 Å². The standard InChI is InChI=1S/C8H10BrNO/c1-2-11-8-4-6(9)3-7(10)5-8/h3-5H,2,10H2,1H3. The van der Waals surface area contributed by atoms with Crippen LogP contribution in [0.1, 0.15) is 6.92 Å². The number of hydrogen-bond donors (Lipinski definition) is 1. The molecule has 0 aliphatic heterocycles. The molecule has 0 fully saturated rings. The van der Waals surface area contributed by atoms with Crippen LogP contribution in [0.25, 0.3) is 0 Å². The van der Waals surface area contributed by atoms with E-state index in [2.05, 4.69) is 15.9 Å². The van der Waals surface area contributed by atoms with Crippen molar-refractivity contribution in [2.45, 2.75) is 6.92 Å². The SMILES string of the molecule is CCOc1cc(N)cc(Br)c1. The van der Waals surface area contributed by atoms with Gasteiger partial charge in [-0.05, 0) is 19.1 Å². The zero-order valence-electron chi connectivity index (χ0n) is 6.30. The molecule has 1 aromatic rings. The van der Waals surface area contributed by atoms with Crippen molar-refractivity contribution < 1.29 is 4.74 Å². The average Bonchev–Trinajstić information content (AvgIpc) is 1.85. The first kappa shape index (κ1) is 8.40. The first-order valence-electron chi connectivity index (χ1n) is 3.41. The van der Waals surface area contributed by atoms with E-state index in [1.165, 1.54) is 0 Å². The molecule has 0 spiro atoms. The number of nitrogens with two attached hydrogens (primary N) is 1. The minimum Gasteiger partial charge on any atom is -0.494 e. The first-order chi connectivity index (χ1) is 5.22. The molecule has 2 nitrogen and oxygen atoms in total. The number of halogens is 1. The van der Waals surface area contributed by atoms with Crippen molar-refractivity contribution in [3.63, 3.8) is 0 Å². The maximum absolute atomic E-state index is 5.58. The van der Waals surface area contributed by atoms with E-state index < -0.39 is 0 Å². The van der Waals surface area contributed by atoms with Gasteiger partial charge in [0.15, 0.2) is 0 Å². The predicted molar refractivity (Wildman–Crippen MR) is 49.7 cm³/mol. The molecule has 11 heavy (non-hydrogen) atoms. The zero-order chi connectivity index (χ0) is 8.27. The van der Waals surface area contributed by atoms with E-state index in [0.29, 0.717) is 12.3 Å². The minimum absolute atomic E-state index is 0.663. The smallest absolute Gasteiger partial charge is 0.122 e. The second-order valence-electron chi connectivity index (χ2n) is 2.15. The van der Waals surface area contributed by atoms with Crippen LogP contribution in [0.2, 0.25) is 0 Å². The lowest BCUT2D eigenvalue weighted by Gasteiger charge is -2.03. The van der Waals surface area contributed by atoms with Crippen LogP contribution in [-0.4, -0.2) is 6.61 Å². The van der Waals surface area contributed by atoms with Crippen molar-refractivity contribution >= 4 is 21.6 Å². The van der Waals surface area contributed by atoms with Crippen LogP contribution in [0, 0.1) is 0 Å². The number of benzene rings is 1. The Kier molecular flexibility index (Phi) is 2.76. The summed E-state index contributed by atoms with van der Waals surface area (Å²) < 4.78 is 6.20. The molecule has 0 unspecified atom stereocenters. The van der Waals surface area contributed by atoms with Crippen molar-refractivity contribution in [1.29, 1.82) is 0 Å². The van der Waals surface area contributed by atoms with Gasteiger partial charge in [-0.3, -0.25) is 0 Å². The lowest BCUT2D eigenvalue weighted by atomic mass is 10.3. The van der Waals surface area contributed by atoms with Crippen molar-refractivity contribution in [3.8, 4) is 5.75 Å². The summed E-state index contributed by atoms with van der Waals surface area (Å²) >= 11 is 3.32. The van der Waals surface area contributed by atoms with Crippen molar-refractivity contribution in [3.05, 3.63) is 22.7 Å². The third kappa shape index (κ3) is 2.42. The van der Waals surface area contributed by atoms with Gasteiger partial charge in [0.25, 0.3) is 0 Å². The molecule has 1 aromatic carbocycles. The van der Waals surface area contributed by atoms with Gasteiger partial charge in [-0.1, -0.05) is 15.9 Å². The zero-order valence-corrected chi connectivity index (χ0v) is 7.89. The third-order valence-corrected chi connectivity index (χ3v) is 1.66. The van der Waals surface area contributed by atoms with Gasteiger partial charge in [-0.15, -0.1) is 0 Å². The fourth-order valence-electron chi connectivity index (χ4n) is 0.834. The molecule has 2 N–H and O–H groups in total. The molecule has 0 aliphatic carbocycles. The van der Waals surface area contributed by atoms with Crippen LogP contribution in [0.3, 0.4) is 0 Å². The van der Waals surface area contributed by atoms with Gasteiger partial charge in [-0.25, -0.2) is 0 Å². The van der Waals surface area contributed by atoms with Crippen LogP contribution in [0.4, 0.5) is 5.69 Å². The van der Waals surface area contributed by atoms with Gasteiger partial charge in [0, 0.05) is 16.2 Å². The quantitative estimate of drug-likeness (QED) is 0.770. The average molecular weight is 216 g/mol. The molecular formula is C8H10BrNO. The molecule has 3 heteroatoms. The number of anilines is 1. The molecule has 0 aliphatic rings. The Morgan fingerprint density at radius 3 is 2.73 bits per heavy atom. The molecule has 0 bridgehead atoms. The van der Waals surface area contributed by atoms with E-state index in [0.717, 1.165) is 10.2 Å². The molecule has 0 saturated heterocycles. The number of nitrogen functional groups attached to an aromatic ring is 1. The molecule has 0 amide bonds. The summed E-state index contributed by atoms with van der Waals surface area (Å²) in [6, 6.07) is 5.52. The Bertz CT molecular complexity index is 230. The maximum Gasteiger partial charge on any atom is 0.122 e. The Labute approximate surface area is 74.5 Å². The van der Waals surface area contributed by atoms with Crippen LogP contribution >= 0.6 is 15.9 Å². The second kappa shape index (κ2) is 3.62. The summed E-state index contributed by atoms with van der Waals surface area (Å²) in [7, 11) is 0. The maximum atomic E-state index is 5.58. The van der Waals surface area contributed by atoms with Crippen LogP contribution in [0.15, 0.2) is 22.7 Å². The number of rotatable bonds is 2. The summed E-state index contributed by atoms with van der Waals surface area (Å²) in [5.74, 6) is 0.805. The van der Waals surface area contributed by atoms with E-state index in [4.69, 9.17) is 10.5 Å². The molecule has 0 radical (unpaired) electrons.